The predicted molar refractivity (Wildman–Crippen MR) is 119 cm³/mol. The van der Waals surface area contributed by atoms with Crippen LogP contribution in [0.15, 0.2) is 48.5 Å². The molecule has 168 valence electrons. The molecule has 2 aromatic carbocycles. The molecule has 0 bridgehead atoms. The monoisotopic (exact) mass is 436 g/mol. The van der Waals surface area contributed by atoms with Crippen molar-refractivity contribution >= 4 is 18.0 Å². The van der Waals surface area contributed by atoms with Crippen molar-refractivity contribution in [3.8, 4) is 11.1 Å². The molecule has 2 aliphatic rings. The summed E-state index contributed by atoms with van der Waals surface area (Å²) in [6, 6.07) is 16.0. The van der Waals surface area contributed by atoms with E-state index in [0.717, 1.165) is 17.5 Å². The molecule has 3 N–H and O–H groups in total. The molecule has 4 rings (SSSR count). The van der Waals surface area contributed by atoms with E-state index in [-0.39, 0.29) is 30.9 Å². The van der Waals surface area contributed by atoms with Crippen LogP contribution in [-0.2, 0) is 14.3 Å². The molecule has 0 aromatic heterocycles. The Morgan fingerprint density at radius 1 is 0.969 bits per heavy atom. The van der Waals surface area contributed by atoms with Crippen LogP contribution in [0.5, 0.6) is 0 Å². The van der Waals surface area contributed by atoms with E-state index in [1.54, 1.807) is 0 Å². The average Bonchev–Trinajstić information content (AvgIpc) is 3.38. The van der Waals surface area contributed by atoms with Crippen LogP contribution in [0.3, 0.4) is 0 Å². The maximum Gasteiger partial charge on any atom is 0.407 e. The Labute approximate surface area is 187 Å². The number of nitrogens with one attached hydrogen (secondary N) is 2. The van der Waals surface area contributed by atoms with E-state index in [1.807, 2.05) is 24.3 Å². The van der Waals surface area contributed by atoms with Gasteiger partial charge >= 0.3 is 12.1 Å². The van der Waals surface area contributed by atoms with Gasteiger partial charge in [-0.2, -0.15) is 0 Å². The van der Waals surface area contributed by atoms with E-state index in [2.05, 4.69) is 34.9 Å². The highest BCUT2D eigenvalue weighted by molar-refractivity contribution is 5.79. The number of carbonyl (C=O) groups excluding carboxylic acids is 2. The summed E-state index contributed by atoms with van der Waals surface area (Å²) in [4.78, 5) is 35.5. The number of rotatable bonds is 8. The molecule has 2 atom stereocenters. The molecule has 7 heteroatoms. The summed E-state index contributed by atoms with van der Waals surface area (Å²) in [5.41, 5.74) is 4.67. The second kappa shape index (κ2) is 9.85. The summed E-state index contributed by atoms with van der Waals surface area (Å²) in [5, 5.41) is 14.7. The third-order valence-corrected chi connectivity index (χ3v) is 6.37. The van der Waals surface area contributed by atoms with Gasteiger partial charge < -0.3 is 20.5 Å². The molecule has 0 saturated heterocycles. The van der Waals surface area contributed by atoms with Gasteiger partial charge in [-0.15, -0.1) is 0 Å². The van der Waals surface area contributed by atoms with E-state index in [4.69, 9.17) is 4.74 Å². The standard InChI is InChI=1S/C25H28N2O5/c28-23(27-22-12-5-11-20(22)24(29)30)13-6-14-26-25(31)32-15-21-18-9-3-1-7-16(18)17-8-2-4-10-19(17)21/h1-4,7-10,20-22H,5-6,11-15H2,(H,26,31)(H,27,28)(H,29,30)/t20-,22+/m1/s1. The number of amides is 2. The zero-order valence-electron chi connectivity index (χ0n) is 17.9. The van der Waals surface area contributed by atoms with Gasteiger partial charge in [-0.1, -0.05) is 55.0 Å². The first-order chi connectivity index (χ1) is 15.5. The van der Waals surface area contributed by atoms with E-state index in [1.165, 1.54) is 11.1 Å². The number of carboxylic acid groups (broad SMARTS) is 1. The van der Waals surface area contributed by atoms with Crippen molar-refractivity contribution in [2.75, 3.05) is 13.2 Å². The molecule has 0 aliphatic heterocycles. The summed E-state index contributed by atoms with van der Waals surface area (Å²) < 4.78 is 5.48. The van der Waals surface area contributed by atoms with Gasteiger partial charge in [0.15, 0.2) is 0 Å². The minimum atomic E-state index is -0.857. The van der Waals surface area contributed by atoms with Crippen LogP contribution in [-0.4, -0.2) is 42.3 Å². The van der Waals surface area contributed by atoms with E-state index < -0.39 is 18.0 Å². The average molecular weight is 437 g/mol. The number of carboxylic acids is 1. The molecule has 1 fully saturated rings. The van der Waals surface area contributed by atoms with Gasteiger partial charge in [0.05, 0.1) is 5.92 Å². The van der Waals surface area contributed by atoms with E-state index in [9.17, 15) is 19.5 Å². The summed E-state index contributed by atoms with van der Waals surface area (Å²) in [7, 11) is 0. The smallest absolute Gasteiger partial charge is 0.407 e. The second-order valence-corrected chi connectivity index (χ2v) is 8.41. The first kappa shape index (κ1) is 21.9. The van der Waals surface area contributed by atoms with Crippen LogP contribution >= 0.6 is 0 Å². The van der Waals surface area contributed by atoms with E-state index >= 15 is 0 Å². The number of hydrogen-bond acceptors (Lipinski definition) is 4. The number of fused-ring (bicyclic) bond motifs is 3. The lowest BCUT2D eigenvalue weighted by Gasteiger charge is -2.17. The predicted octanol–water partition coefficient (Wildman–Crippen LogP) is 3.67. The molecule has 0 spiro atoms. The highest BCUT2D eigenvalue weighted by Crippen LogP contribution is 2.44. The van der Waals surface area contributed by atoms with Crippen molar-refractivity contribution in [2.45, 2.75) is 44.1 Å². The van der Waals surface area contributed by atoms with Crippen molar-refractivity contribution in [1.82, 2.24) is 10.6 Å². The van der Waals surface area contributed by atoms with E-state index in [0.29, 0.717) is 25.8 Å². The fourth-order valence-electron chi connectivity index (χ4n) is 4.80. The SMILES string of the molecule is O=C(CCCNC(=O)OCC1c2ccccc2-c2ccccc21)N[C@H]1CCC[C@H]1C(=O)O. The van der Waals surface area contributed by atoms with Gasteiger partial charge in [-0.25, -0.2) is 4.79 Å². The van der Waals surface area contributed by atoms with Crippen molar-refractivity contribution in [2.24, 2.45) is 5.92 Å². The maximum absolute atomic E-state index is 12.2. The Bertz CT molecular complexity index is 960. The zero-order chi connectivity index (χ0) is 22.5. The topological polar surface area (TPSA) is 105 Å². The van der Waals surface area contributed by atoms with Gasteiger partial charge in [0.1, 0.15) is 6.61 Å². The van der Waals surface area contributed by atoms with Crippen LogP contribution in [0.25, 0.3) is 11.1 Å². The van der Waals surface area contributed by atoms with Crippen molar-refractivity contribution in [3.63, 3.8) is 0 Å². The Kier molecular flexibility index (Phi) is 6.73. The number of alkyl carbamates (subject to hydrolysis) is 1. The number of ether oxygens (including phenoxy) is 1. The molecule has 2 aromatic rings. The van der Waals surface area contributed by atoms with Crippen molar-refractivity contribution in [3.05, 3.63) is 59.7 Å². The summed E-state index contributed by atoms with van der Waals surface area (Å²) in [6.07, 6.45) is 2.29. The molecule has 0 heterocycles. The molecule has 1 saturated carbocycles. The minimum absolute atomic E-state index is 0.00696. The molecule has 0 radical (unpaired) electrons. The third-order valence-electron chi connectivity index (χ3n) is 6.37. The van der Waals surface area contributed by atoms with Crippen molar-refractivity contribution in [1.29, 1.82) is 0 Å². The molecule has 32 heavy (non-hydrogen) atoms. The van der Waals surface area contributed by atoms with Gasteiger partial charge in [0, 0.05) is 24.9 Å². The second-order valence-electron chi connectivity index (χ2n) is 8.41. The lowest BCUT2D eigenvalue weighted by molar-refractivity contribution is -0.142. The summed E-state index contributed by atoms with van der Waals surface area (Å²) in [5.74, 6) is -1.53. The Balaban J connectivity index is 1.19. The normalized spacial score (nSPS) is 19.1. The highest BCUT2D eigenvalue weighted by Gasteiger charge is 2.33. The summed E-state index contributed by atoms with van der Waals surface area (Å²) >= 11 is 0. The van der Waals surface area contributed by atoms with Crippen LogP contribution in [0.2, 0.25) is 0 Å². The Morgan fingerprint density at radius 2 is 1.62 bits per heavy atom. The fourth-order valence-corrected chi connectivity index (χ4v) is 4.80. The van der Waals surface area contributed by atoms with Crippen LogP contribution in [0, 0.1) is 5.92 Å². The van der Waals surface area contributed by atoms with Gasteiger partial charge in [0.25, 0.3) is 0 Å². The largest absolute Gasteiger partial charge is 0.481 e. The zero-order valence-corrected chi connectivity index (χ0v) is 17.9. The van der Waals surface area contributed by atoms with Gasteiger partial charge in [0.2, 0.25) is 5.91 Å². The molecular weight excluding hydrogens is 408 g/mol. The summed E-state index contributed by atoms with van der Waals surface area (Å²) in [6.45, 7) is 0.565. The fraction of sp³-hybridized carbons (Fsp3) is 0.400. The molecule has 7 nitrogen and oxygen atoms in total. The number of carbonyl (C=O) groups is 3. The van der Waals surface area contributed by atoms with Crippen molar-refractivity contribution < 1.29 is 24.2 Å². The lowest BCUT2D eigenvalue weighted by Crippen LogP contribution is -2.40. The van der Waals surface area contributed by atoms with Gasteiger partial charge in [-0.05, 0) is 41.5 Å². The quantitative estimate of drug-likeness (QED) is 0.548. The third kappa shape index (κ3) is 4.77. The first-order valence-electron chi connectivity index (χ1n) is 11.2. The maximum atomic E-state index is 12.2. The van der Waals surface area contributed by atoms with Crippen LogP contribution in [0.4, 0.5) is 4.79 Å². The number of benzene rings is 2. The van der Waals surface area contributed by atoms with Crippen LogP contribution in [0.1, 0.15) is 49.1 Å². The van der Waals surface area contributed by atoms with Gasteiger partial charge in [-0.3, -0.25) is 9.59 Å². The number of hydrogen-bond donors (Lipinski definition) is 3. The minimum Gasteiger partial charge on any atom is -0.481 e. The molecular formula is C25H28N2O5. The molecule has 0 unspecified atom stereocenters. The first-order valence-corrected chi connectivity index (χ1v) is 11.2. The lowest BCUT2D eigenvalue weighted by atomic mass is 9.98. The molecule has 2 amide bonds. The highest BCUT2D eigenvalue weighted by atomic mass is 16.5. The Morgan fingerprint density at radius 3 is 2.28 bits per heavy atom. The molecule has 2 aliphatic carbocycles. The van der Waals surface area contributed by atoms with Crippen LogP contribution < -0.4 is 10.6 Å². The number of aliphatic carboxylic acids is 1. The Hall–Kier alpha value is -3.35.